The van der Waals surface area contributed by atoms with E-state index in [-0.39, 0.29) is 23.1 Å². The molecule has 2 heterocycles. The van der Waals surface area contributed by atoms with E-state index >= 15 is 0 Å². The Kier molecular flexibility index (Phi) is 3.70. The van der Waals surface area contributed by atoms with Crippen molar-refractivity contribution >= 4 is 15.7 Å². The average molecular weight is 285 g/mol. The molecule has 2 rings (SSSR count). The lowest BCUT2D eigenvalue weighted by molar-refractivity contribution is 0.0706. The number of sulfone groups is 1. The van der Waals surface area contributed by atoms with E-state index in [0.29, 0.717) is 13.0 Å². The molecule has 1 fully saturated rings. The number of H-pyrrole nitrogens is 1. The molecule has 0 aromatic carbocycles. The summed E-state index contributed by atoms with van der Waals surface area (Å²) >= 11 is 0. The van der Waals surface area contributed by atoms with Gasteiger partial charge in [-0.25, -0.2) is 13.4 Å². The Hall–Kier alpha value is -1.70. The quantitative estimate of drug-likeness (QED) is 0.800. The van der Waals surface area contributed by atoms with Gasteiger partial charge in [0.25, 0.3) is 11.5 Å². The molecule has 1 aliphatic rings. The molecule has 0 bridgehead atoms. The Bertz CT molecular complexity index is 637. The van der Waals surface area contributed by atoms with Gasteiger partial charge in [0.1, 0.15) is 5.56 Å². The van der Waals surface area contributed by atoms with Gasteiger partial charge in [0.2, 0.25) is 0 Å². The van der Waals surface area contributed by atoms with E-state index in [2.05, 4.69) is 9.97 Å². The highest BCUT2D eigenvalue weighted by molar-refractivity contribution is 7.91. The third-order valence-corrected chi connectivity index (χ3v) is 4.95. The number of hydrogen-bond donors (Lipinski definition) is 1. The van der Waals surface area contributed by atoms with Crippen LogP contribution in [0.2, 0.25) is 0 Å². The fourth-order valence-corrected chi connectivity index (χ4v) is 3.97. The highest BCUT2D eigenvalue weighted by atomic mass is 32.2. The molecule has 0 radical (unpaired) electrons. The minimum absolute atomic E-state index is 0.0370. The Morgan fingerprint density at radius 3 is 2.84 bits per heavy atom. The maximum absolute atomic E-state index is 12.3. The monoisotopic (exact) mass is 285 g/mol. The molecule has 19 heavy (non-hydrogen) atoms. The van der Waals surface area contributed by atoms with Gasteiger partial charge >= 0.3 is 0 Å². The number of rotatable bonds is 3. The molecule has 104 valence electrons. The molecule has 1 aromatic heterocycles. The summed E-state index contributed by atoms with van der Waals surface area (Å²) in [4.78, 5) is 31.3. The Morgan fingerprint density at radius 2 is 2.32 bits per heavy atom. The van der Waals surface area contributed by atoms with E-state index in [1.807, 2.05) is 0 Å². The van der Waals surface area contributed by atoms with Crippen molar-refractivity contribution in [2.45, 2.75) is 19.4 Å². The van der Waals surface area contributed by atoms with Gasteiger partial charge in [0.05, 0.1) is 17.8 Å². The number of nitrogens with zero attached hydrogens (tertiary/aromatic N) is 2. The van der Waals surface area contributed by atoms with Crippen molar-refractivity contribution < 1.29 is 13.2 Å². The third-order valence-electron chi connectivity index (χ3n) is 3.20. The summed E-state index contributed by atoms with van der Waals surface area (Å²) in [5.41, 5.74) is -0.576. The molecule has 1 unspecified atom stereocenters. The first-order valence-corrected chi connectivity index (χ1v) is 7.81. The molecular weight excluding hydrogens is 270 g/mol. The zero-order chi connectivity index (χ0) is 14.0. The van der Waals surface area contributed by atoms with Gasteiger partial charge in [-0.3, -0.25) is 9.59 Å². The summed E-state index contributed by atoms with van der Waals surface area (Å²) in [6.45, 7) is 2.11. The van der Waals surface area contributed by atoms with Crippen LogP contribution in [0.5, 0.6) is 0 Å². The van der Waals surface area contributed by atoms with Crippen LogP contribution in [0.25, 0.3) is 0 Å². The Labute approximate surface area is 110 Å². The topological polar surface area (TPSA) is 100 Å². The van der Waals surface area contributed by atoms with Crippen LogP contribution in [-0.4, -0.2) is 53.3 Å². The molecule has 1 saturated heterocycles. The predicted molar refractivity (Wildman–Crippen MR) is 68.6 cm³/mol. The van der Waals surface area contributed by atoms with Gasteiger partial charge in [0, 0.05) is 18.8 Å². The van der Waals surface area contributed by atoms with E-state index in [1.54, 1.807) is 6.92 Å². The molecule has 1 aromatic rings. The molecule has 1 atom stereocenters. The summed E-state index contributed by atoms with van der Waals surface area (Å²) in [5, 5.41) is 0. The van der Waals surface area contributed by atoms with Crippen LogP contribution >= 0.6 is 0 Å². The van der Waals surface area contributed by atoms with Crippen molar-refractivity contribution in [3.8, 4) is 0 Å². The van der Waals surface area contributed by atoms with E-state index in [9.17, 15) is 18.0 Å². The number of nitrogens with one attached hydrogen (secondary N) is 1. The van der Waals surface area contributed by atoms with Crippen molar-refractivity contribution in [1.29, 1.82) is 0 Å². The first-order valence-electron chi connectivity index (χ1n) is 5.98. The van der Waals surface area contributed by atoms with Crippen LogP contribution in [0.4, 0.5) is 0 Å². The van der Waals surface area contributed by atoms with Gasteiger partial charge in [-0.1, -0.05) is 0 Å². The van der Waals surface area contributed by atoms with E-state index in [1.165, 1.54) is 17.4 Å². The van der Waals surface area contributed by atoms with Gasteiger partial charge in [-0.2, -0.15) is 0 Å². The zero-order valence-corrected chi connectivity index (χ0v) is 11.3. The third kappa shape index (κ3) is 2.83. The molecule has 0 spiro atoms. The van der Waals surface area contributed by atoms with Crippen molar-refractivity contribution in [2.24, 2.45) is 0 Å². The highest BCUT2D eigenvalue weighted by Gasteiger charge is 2.34. The fourth-order valence-electron chi connectivity index (χ4n) is 2.24. The molecule has 1 amide bonds. The summed E-state index contributed by atoms with van der Waals surface area (Å²) < 4.78 is 22.9. The molecular formula is C11H15N3O4S. The summed E-state index contributed by atoms with van der Waals surface area (Å²) in [6, 6.07) is -0.359. The molecule has 0 aliphatic carbocycles. The standard InChI is InChI=1S/C11H15N3O4S/c1-2-14(8-3-4-19(17,18)6-8)11(16)9-5-12-7-13-10(9)15/h5,7-8H,2-4,6H2,1H3,(H,12,13,15). The summed E-state index contributed by atoms with van der Waals surface area (Å²) in [5.74, 6) is -0.422. The number of carbonyl (C=O) groups is 1. The lowest BCUT2D eigenvalue weighted by Crippen LogP contribution is -2.42. The number of aromatic amines is 1. The van der Waals surface area contributed by atoms with Crippen LogP contribution < -0.4 is 5.56 Å². The predicted octanol–water partition coefficient (Wildman–Crippen LogP) is -0.581. The molecule has 7 nitrogen and oxygen atoms in total. The van der Waals surface area contributed by atoms with Gasteiger partial charge < -0.3 is 9.88 Å². The first-order chi connectivity index (χ1) is 8.94. The van der Waals surface area contributed by atoms with Crippen LogP contribution in [0.15, 0.2) is 17.3 Å². The van der Waals surface area contributed by atoms with Crippen LogP contribution in [0.1, 0.15) is 23.7 Å². The second-order valence-corrected chi connectivity index (χ2v) is 6.67. The number of aromatic nitrogens is 2. The van der Waals surface area contributed by atoms with Crippen LogP contribution in [-0.2, 0) is 9.84 Å². The van der Waals surface area contributed by atoms with E-state index in [4.69, 9.17) is 0 Å². The maximum atomic E-state index is 12.3. The first kappa shape index (κ1) is 13.7. The SMILES string of the molecule is CCN(C(=O)c1cnc[nH]c1=O)C1CCS(=O)(=O)C1. The molecule has 1 N–H and O–H groups in total. The van der Waals surface area contributed by atoms with Gasteiger partial charge in [-0.15, -0.1) is 0 Å². The Balaban J connectivity index is 2.26. The van der Waals surface area contributed by atoms with Crippen LogP contribution in [0, 0.1) is 0 Å². The van der Waals surface area contributed by atoms with Crippen LogP contribution in [0.3, 0.4) is 0 Å². The number of hydrogen-bond acceptors (Lipinski definition) is 5. The largest absolute Gasteiger partial charge is 0.335 e. The lowest BCUT2D eigenvalue weighted by Gasteiger charge is -2.26. The smallest absolute Gasteiger partial charge is 0.263 e. The van der Waals surface area contributed by atoms with Gasteiger partial charge in [-0.05, 0) is 13.3 Å². The minimum atomic E-state index is -3.07. The minimum Gasteiger partial charge on any atom is -0.335 e. The van der Waals surface area contributed by atoms with Crippen molar-refractivity contribution in [3.63, 3.8) is 0 Å². The second-order valence-electron chi connectivity index (χ2n) is 4.44. The summed E-state index contributed by atoms with van der Waals surface area (Å²) in [6.07, 6.45) is 2.82. The van der Waals surface area contributed by atoms with Crippen molar-refractivity contribution in [2.75, 3.05) is 18.1 Å². The molecule has 0 saturated carbocycles. The molecule has 8 heteroatoms. The normalized spacial score (nSPS) is 21.2. The molecule has 1 aliphatic heterocycles. The fraction of sp³-hybridized carbons (Fsp3) is 0.545. The average Bonchev–Trinajstić information content (AvgIpc) is 2.71. The Morgan fingerprint density at radius 1 is 1.58 bits per heavy atom. The van der Waals surface area contributed by atoms with Gasteiger partial charge in [0.15, 0.2) is 9.84 Å². The van der Waals surface area contributed by atoms with Crippen molar-refractivity contribution in [1.82, 2.24) is 14.9 Å². The highest BCUT2D eigenvalue weighted by Crippen LogP contribution is 2.18. The lowest BCUT2D eigenvalue weighted by atomic mass is 10.2. The zero-order valence-electron chi connectivity index (χ0n) is 10.5. The number of amides is 1. The van der Waals surface area contributed by atoms with E-state index < -0.39 is 21.3 Å². The second kappa shape index (κ2) is 5.12. The summed E-state index contributed by atoms with van der Waals surface area (Å²) in [7, 11) is -3.07. The van der Waals surface area contributed by atoms with Crippen molar-refractivity contribution in [3.05, 3.63) is 28.4 Å². The number of carbonyl (C=O) groups excluding carboxylic acids is 1. The maximum Gasteiger partial charge on any atom is 0.263 e. The van der Waals surface area contributed by atoms with E-state index in [0.717, 1.165) is 0 Å².